The highest BCUT2D eigenvalue weighted by atomic mass is 16.7. The molecule has 1 N–H and O–H groups in total. The standard InChI is InChI=1S/C24H26N4O4/c25-10-17-4-6-18(7-5-17)24(29)26-8-9-27-12-20-14-28(15-21(13-27)32-20)11-19-2-1-3-22-23(19)31-16-30-22/h1-7,20-21H,8-9,11-16H2,(H,26,29). The van der Waals surface area contributed by atoms with E-state index in [4.69, 9.17) is 19.5 Å². The van der Waals surface area contributed by atoms with Gasteiger partial charge in [-0.15, -0.1) is 0 Å². The number of hydrogen-bond donors (Lipinski definition) is 1. The minimum atomic E-state index is -0.115. The van der Waals surface area contributed by atoms with Crippen LogP contribution in [0.25, 0.3) is 0 Å². The molecule has 2 aromatic rings. The Balaban J connectivity index is 1.10. The second-order valence-electron chi connectivity index (χ2n) is 8.43. The van der Waals surface area contributed by atoms with Gasteiger partial charge < -0.3 is 19.5 Å². The fourth-order valence-electron chi connectivity index (χ4n) is 4.65. The first-order valence-corrected chi connectivity index (χ1v) is 10.9. The van der Waals surface area contributed by atoms with Crippen molar-refractivity contribution in [3.63, 3.8) is 0 Å². The van der Waals surface area contributed by atoms with Gasteiger partial charge in [0.15, 0.2) is 11.5 Å². The number of ether oxygens (including phenoxy) is 3. The zero-order valence-electron chi connectivity index (χ0n) is 17.8. The Hall–Kier alpha value is -3.12. The number of amides is 1. The van der Waals surface area contributed by atoms with Gasteiger partial charge in [-0.25, -0.2) is 0 Å². The monoisotopic (exact) mass is 434 g/mol. The lowest BCUT2D eigenvalue weighted by Crippen LogP contribution is -2.59. The van der Waals surface area contributed by atoms with Crippen molar-refractivity contribution < 1.29 is 19.0 Å². The van der Waals surface area contributed by atoms with Gasteiger partial charge in [0, 0.05) is 56.9 Å². The van der Waals surface area contributed by atoms with Crippen LogP contribution in [0, 0.1) is 11.3 Å². The summed E-state index contributed by atoms with van der Waals surface area (Å²) >= 11 is 0. The van der Waals surface area contributed by atoms with E-state index in [0.717, 1.165) is 56.3 Å². The summed E-state index contributed by atoms with van der Waals surface area (Å²) in [6.45, 7) is 5.93. The van der Waals surface area contributed by atoms with E-state index >= 15 is 0 Å². The summed E-state index contributed by atoms with van der Waals surface area (Å²) in [4.78, 5) is 17.1. The average Bonchev–Trinajstić information content (AvgIpc) is 3.28. The van der Waals surface area contributed by atoms with Crippen LogP contribution in [0.2, 0.25) is 0 Å². The molecular weight excluding hydrogens is 408 g/mol. The molecule has 3 aliphatic rings. The Labute approximate surface area is 187 Å². The van der Waals surface area contributed by atoms with Crippen LogP contribution in [0.3, 0.4) is 0 Å². The summed E-state index contributed by atoms with van der Waals surface area (Å²) in [5.74, 6) is 1.57. The van der Waals surface area contributed by atoms with Crippen LogP contribution in [-0.2, 0) is 11.3 Å². The molecule has 2 bridgehead atoms. The summed E-state index contributed by atoms with van der Waals surface area (Å²) in [5.41, 5.74) is 2.27. The molecule has 5 rings (SSSR count). The van der Waals surface area contributed by atoms with Crippen molar-refractivity contribution in [3.05, 3.63) is 59.2 Å². The fraction of sp³-hybridized carbons (Fsp3) is 0.417. The summed E-state index contributed by atoms with van der Waals surface area (Å²) in [6, 6.07) is 14.8. The van der Waals surface area contributed by atoms with E-state index in [9.17, 15) is 4.79 Å². The van der Waals surface area contributed by atoms with Crippen molar-refractivity contribution in [1.29, 1.82) is 5.26 Å². The number of nitrogens with one attached hydrogen (secondary N) is 1. The molecule has 2 unspecified atom stereocenters. The largest absolute Gasteiger partial charge is 0.454 e. The number of morpholine rings is 2. The second-order valence-corrected chi connectivity index (χ2v) is 8.43. The molecule has 2 atom stereocenters. The Morgan fingerprint density at radius 2 is 1.78 bits per heavy atom. The number of benzene rings is 2. The topological polar surface area (TPSA) is 87.1 Å². The molecule has 0 radical (unpaired) electrons. The van der Waals surface area contributed by atoms with Gasteiger partial charge in [-0.1, -0.05) is 12.1 Å². The normalized spacial score (nSPS) is 22.3. The van der Waals surface area contributed by atoms with E-state index in [1.165, 1.54) is 0 Å². The van der Waals surface area contributed by atoms with Gasteiger partial charge in [0.25, 0.3) is 5.91 Å². The van der Waals surface area contributed by atoms with Gasteiger partial charge >= 0.3 is 0 Å². The van der Waals surface area contributed by atoms with Crippen molar-refractivity contribution in [1.82, 2.24) is 15.1 Å². The molecule has 8 heteroatoms. The number of nitrogens with zero attached hydrogens (tertiary/aromatic N) is 3. The lowest BCUT2D eigenvalue weighted by Gasteiger charge is -2.46. The van der Waals surface area contributed by atoms with E-state index in [-0.39, 0.29) is 24.9 Å². The smallest absolute Gasteiger partial charge is 0.251 e. The predicted octanol–water partition coefficient (Wildman–Crippen LogP) is 1.60. The summed E-state index contributed by atoms with van der Waals surface area (Å²) in [6.07, 6.45) is 0.316. The average molecular weight is 434 g/mol. The van der Waals surface area contributed by atoms with Crippen molar-refractivity contribution in [2.45, 2.75) is 18.8 Å². The zero-order chi connectivity index (χ0) is 21.9. The van der Waals surface area contributed by atoms with E-state index in [1.54, 1.807) is 24.3 Å². The number of fused-ring (bicyclic) bond motifs is 3. The van der Waals surface area contributed by atoms with Gasteiger partial charge in [-0.05, 0) is 30.3 Å². The van der Waals surface area contributed by atoms with Crippen molar-refractivity contribution in [3.8, 4) is 17.6 Å². The maximum absolute atomic E-state index is 12.3. The minimum absolute atomic E-state index is 0.115. The van der Waals surface area contributed by atoms with Gasteiger partial charge in [-0.2, -0.15) is 5.26 Å². The Bertz CT molecular complexity index is 1010. The van der Waals surface area contributed by atoms with Crippen LogP contribution in [0.4, 0.5) is 0 Å². The molecule has 32 heavy (non-hydrogen) atoms. The van der Waals surface area contributed by atoms with Crippen LogP contribution in [-0.4, -0.2) is 74.0 Å². The molecule has 0 saturated carbocycles. The van der Waals surface area contributed by atoms with E-state index in [1.807, 2.05) is 12.1 Å². The molecule has 2 saturated heterocycles. The lowest BCUT2D eigenvalue weighted by atomic mass is 10.1. The fourth-order valence-corrected chi connectivity index (χ4v) is 4.65. The Morgan fingerprint density at radius 1 is 1.03 bits per heavy atom. The molecule has 2 aromatic carbocycles. The van der Waals surface area contributed by atoms with Crippen LogP contribution in [0.1, 0.15) is 21.5 Å². The number of carbonyl (C=O) groups excluding carboxylic acids is 1. The number of hydrogen-bond acceptors (Lipinski definition) is 7. The molecule has 166 valence electrons. The van der Waals surface area contributed by atoms with Gasteiger partial charge in [0.1, 0.15) is 0 Å². The molecule has 0 spiro atoms. The first-order valence-electron chi connectivity index (χ1n) is 10.9. The highest BCUT2D eigenvalue weighted by Gasteiger charge is 2.35. The second kappa shape index (κ2) is 9.17. The third-order valence-corrected chi connectivity index (χ3v) is 6.09. The van der Waals surface area contributed by atoms with Gasteiger partial charge in [0.2, 0.25) is 6.79 Å². The van der Waals surface area contributed by atoms with Crippen molar-refractivity contribution in [2.75, 3.05) is 46.1 Å². The maximum atomic E-state index is 12.3. The van der Waals surface area contributed by atoms with Crippen LogP contribution in [0.15, 0.2) is 42.5 Å². The number of para-hydroxylation sites is 1. The number of rotatable bonds is 6. The van der Waals surface area contributed by atoms with Crippen molar-refractivity contribution >= 4 is 5.91 Å². The molecule has 0 aromatic heterocycles. The molecule has 3 heterocycles. The maximum Gasteiger partial charge on any atom is 0.251 e. The van der Waals surface area contributed by atoms with Crippen molar-refractivity contribution in [2.24, 2.45) is 0 Å². The van der Waals surface area contributed by atoms with E-state index in [2.05, 4.69) is 27.3 Å². The SMILES string of the molecule is N#Cc1ccc(C(=O)NCCN2CC3CN(Cc4cccc5c4OCO5)CC(C2)O3)cc1. The summed E-state index contributed by atoms with van der Waals surface area (Å²) < 4.78 is 17.3. The third-order valence-electron chi connectivity index (χ3n) is 6.09. The quantitative estimate of drug-likeness (QED) is 0.739. The predicted molar refractivity (Wildman–Crippen MR) is 116 cm³/mol. The molecule has 0 aliphatic carbocycles. The number of carbonyl (C=O) groups is 1. The Morgan fingerprint density at radius 3 is 2.53 bits per heavy atom. The van der Waals surface area contributed by atoms with E-state index < -0.39 is 0 Å². The first-order chi connectivity index (χ1) is 15.7. The van der Waals surface area contributed by atoms with Crippen LogP contribution in [0.5, 0.6) is 11.5 Å². The highest BCUT2D eigenvalue weighted by molar-refractivity contribution is 5.94. The Kier molecular flexibility index (Phi) is 5.95. The molecule has 8 nitrogen and oxygen atoms in total. The summed E-state index contributed by atoms with van der Waals surface area (Å²) in [5, 5.41) is 11.8. The third kappa shape index (κ3) is 4.55. The van der Waals surface area contributed by atoms with Crippen LogP contribution >= 0.6 is 0 Å². The number of nitriles is 1. The highest BCUT2D eigenvalue weighted by Crippen LogP contribution is 2.36. The molecule has 1 amide bonds. The molecular formula is C24H26N4O4. The molecule has 3 aliphatic heterocycles. The minimum Gasteiger partial charge on any atom is -0.454 e. The van der Waals surface area contributed by atoms with Gasteiger partial charge in [0.05, 0.1) is 23.8 Å². The van der Waals surface area contributed by atoms with Gasteiger partial charge in [-0.3, -0.25) is 14.6 Å². The lowest BCUT2D eigenvalue weighted by molar-refractivity contribution is -0.139. The van der Waals surface area contributed by atoms with E-state index in [0.29, 0.717) is 17.7 Å². The molecule has 2 fully saturated rings. The first kappa shape index (κ1) is 20.8. The summed E-state index contributed by atoms with van der Waals surface area (Å²) in [7, 11) is 0. The van der Waals surface area contributed by atoms with Crippen LogP contribution < -0.4 is 14.8 Å². The zero-order valence-corrected chi connectivity index (χ0v) is 17.8.